The number of anilines is 1. The van der Waals surface area contributed by atoms with E-state index in [1.54, 1.807) is 0 Å². The average Bonchev–Trinajstić information content (AvgIpc) is 3.00. The van der Waals surface area contributed by atoms with Crippen LogP contribution in [0, 0.1) is 5.82 Å². The Kier molecular flexibility index (Phi) is 4.11. The van der Waals surface area contributed by atoms with Crippen LogP contribution in [-0.2, 0) is 0 Å². The van der Waals surface area contributed by atoms with Crippen LogP contribution in [0.3, 0.4) is 0 Å². The Balaban J connectivity index is 2.00. The maximum absolute atomic E-state index is 15.1. The molecular formula is C19H23FN4O. The van der Waals surface area contributed by atoms with E-state index in [1.165, 1.54) is 6.07 Å². The highest BCUT2D eigenvalue weighted by Gasteiger charge is 2.26. The quantitative estimate of drug-likeness (QED) is 0.552. The Hall–Kier alpha value is -2.15. The third kappa shape index (κ3) is 2.66. The standard InChI is InChI=1S/C19H23FN4O/c1-22-11-5-4-8-24(10-11)18-14(20)9-13(19(21)25)17-16(18)12-6-2-3-7-15(12)23-17/h2-3,6-7,9,11,19,22-23,25H,4-5,8,10,21H2,1H3/t11-,19?/m0/s1. The second-order valence-corrected chi connectivity index (χ2v) is 6.74. The molecule has 5 N–H and O–H groups in total. The van der Waals surface area contributed by atoms with Crippen LogP contribution >= 0.6 is 0 Å². The number of hydrogen-bond acceptors (Lipinski definition) is 4. The highest BCUT2D eigenvalue weighted by molar-refractivity contribution is 6.14. The topological polar surface area (TPSA) is 77.3 Å². The van der Waals surface area contributed by atoms with Gasteiger partial charge in [-0.15, -0.1) is 0 Å². The van der Waals surface area contributed by atoms with E-state index in [-0.39, 0.29) is 5.82 Å². The number of aliphatic hydroxyl groups excluding tert-OH is 1. The first kappa shape index (κ1) is 16.3. The fraction of sp³-hybridized carbons (Fsp3) is 0.368. The van der Waals surface area contributed by atoms with Crippen molar-refractivity contribution < 1.29 is 9.50 Å². The van der Waals surface area contributed by atoms with Gasteiger partial charge in [-0.2, -0.15) is 0 Å². The lowest BCUT2D eigenvalue weighted by molar-refractivity contribution is 0.187. The van der Waals surface area contributed by atoms with Gasteiger partial charge in [0.15, 0.2) is 0 Å². The highest BCUT2D eigenvalue weighted by atomic mass is 19.1. The summed E-state index contributed by atoms with van der Waals surface area (Å²) in [5.74, 6) is -0.339. The van der Waals surface area contributed by atoms with Crippen LogP contribution in [0.5, 0.6) is 0 Å². The van der Waals surface area contributed by atoms with E-state index in [0.717, 1.165) is 42.2 Å². The molecule has 3 aromatic rings. The number of aromatic amines is 1. The smallest absolute Gasteiger partial charge is 0.147 e. The van der Waals surface area contributed by atoms with Gasteiger partial charge in [0.1, 0.15) is 12.0 Å². The van der Waals surface area contributed by atoms with Gasteiger partial charge >= 0.3 is 0 Å². The van der Waals surface area contributed by atoms with Gasteiger partial charge in [0, 0.05) is 41.0 Å². The number of hydrogen-bond donors (Lipinski definition) is 4. The van der Waals surface area contributed by atoms with Gasteiger partial charge < -0.3 is 26.0 Å². The Morgan fingerprint density at radius 1 is 1.40 bits per heavy atom. The average molecular weight is 342 g/mol. The summed E-state index contributed by atoms with van der Waals surface area (Å²) in [5, 5.41) is 15.0. The second kappa shape index (κ2) is 6.29. The Bertz CT molecular complexity index is 921. The molecule has 1 aromatic heterocycles. The third-order valence-corrected chi connectivity index (χ3v) is 5.20. The van der Waals surface area contributed by atoms with Crippen LogP contribution in [0.15, 0.2) is 30.3 Å². The number of para-hydroxylation sites is 1. The van der Waals surface area contributed by atoms with Crippen LogP contribution in [-0.4, -0.2) is 36.3 Å². The maximum atomic E-state index is 15.1. The van der Waals surface area contributed by atoms with Crippen LogP contribution < -0.4 is 16.0 Å². The normalized spacial score (nSPS) is 19.7. The first-order valence-electron chi connectivity index (χ1n) is 8.69. The molecule has 0 amide bonds. The first-order valence-corrected chi connectivity index (χ1v) is 8.69. The maximum Gasteiger partial charge on any atom is 0.147 e. The molecule has 25 heavy (non-hydrogen) atoms. The van der Waals surface area contributed by atoms with Crippen molar-refractivity contribution in [1.82, 2.24) is 10.3 Å². The van der Waals surface area contributed by atoms with Gasteiger partial charge in [0.2, 0.25) is 0 Å². The minimum atomic E-state index is -1.23. The Labute approximate surface area is 145 Å². The van der Waals surface area contributed by atoms with E-state index in [0.29, 0.717) is 22.8 Å². The monoisotopic (exact) mass is 342 g/mol. The number of aliphatic hydroxyl groups is 1. The van der Waals surface area contributed by atoms with E-state index < -0.39 is 6.23 Å². The Morgan fingerprint density at radius 2 is 2.20 bits per heavy atom. The first-order chi connectivity index (χ1) is 12.1. The zero-order valence-corrected chi connectivity index (χ0v) is 14.2. The molecule has 0 saturated carbocycles. The fourth-order valence-electron chi connectivity index (χ4n) is 3.96. The van der Waals surface area contributed by atoms with Gasteiger partial charge in [0.25, 0.3) is 0 Å². The zero-order chi connectivity index (χ0) is 17.6. The van der Waals surface area contributed by atoms with Crippen molar-refractivity contribution in [2.24, 2.45) is 5.73 Å². The molecule has 4 rings (SSSR count). The van der Waals surface area contributed by atoms with Crippen LogP contribution in [0.4, 0.5) is 10.1 Å². The summed E-state index contributed by atoms with van der Waals surface area (Å²) < 4.78 is 15.1. The predicted molar refractivity (Wildman–Crippen MR) is 99.2 cm³/mol. The minimum absolute atomic E-state index is 0.339. The SMILES string of the molecule is CN[C@H]1CCCN(c2c(F)cc(C(N)O)c3[nH]c4ccccc4c23)C1. The number of benzene rings is 2. The molecule has 5 nitrogen and oxygen atoms in total. The van der Waals surface area contributed by atoms with E-state index >= 15 is 4.39 Å². The van der Waals surface area contributed by atoms with Crippen molar-refractivity contribution in [3.8, 4) is 0 Å². The summed E-state index contributed by atoms with van der Waals surface area (Å²) in [4.78, 5) is 5.42. The number of nitrogens with two attached hydrogens (primary N) is 1. The molecule has 1 aliphatic heterocycles. The van der Waals surface area contributed by atoms with Crippen LogP contribution in [0.1, 0.15) is 24.6 Å². The summed E-state index contributed by atoms with van der Waals surface area (Å²) >= 11 is 0. The van der Waals surface area contributed by atoms with Gasteiger partial charge in [-0.25, -0.2) is 4.39 Å². The number of likely N-dealkylation sites (N-methyl/N-ethyl adjacent to an activating group) is 1. The summed E-state index contributed by atoms with van der Waals surface area (Å²) in [7, 11) is 1.94. The molecule has 0 aliphatic carbocycles. The molecule has 2 aromatic carbocycles. The fourth-order valence-corrected chi connectivity index (χ4v) is 3.96. The van der Waals surface area contributed by atoms with Crippen LogP contribution in [0.25, 0.3) is 21.8 Å². The molecule has 132 valence electrons. The number of halogens is 1. The number of rotatable bonds is 3. The van der Waals surface area contributed by atoms with Crippen molar-refractivity contribution in [2.45, 2.75) is 25.1 Å². The zero-order valence-electron chi connectivity index (χ0n) is 14.2. The van der Waals surface area contributed by atoms with E-state index in [9.17, 15) is 5.11 Å². The van der Waals surface area contributed by atoms with Gasteiger partial charge in [-0.3, -0.25) is 0 Å². The predicted octanol–water partition coefficient (Wildman–Crippen LogP) is 2.60. The summed E-state index contributed by atoms with van der Waals surface area (Å²) in [5.41, 5.74) is 8.28. The van der Waals surface area contributed by atoms with Crippen molar-refractivity contribution in [1.29, 1.82) is 0 Å². The van der Waals surface area contributed by atoms with E-state index in [4.69, 9.17) is 5.73 Å². The molecule has 0 spiro atoms. The van der Waals surface area contributed by atoms with Crippen LogP contribution in [0.2, 0.25) is 0 Å². The molecule has 0 radical (unpaired) electrons. The lowest BCUT2D eigenvalue weighted by Gasteiger charge is -2.35. The number of aromatic nitrogens is 1. The highest BCUT2D eigenvalue weighted by Crippen LogP contribution is 2.39. The van der Waals surface area contributed by atoms with Crippen molar-refractivity contribution in [3.63, 3.8) is 0 Å². The Morgan fingerprint density at radius 3 is 2.96 bits per heavy atom. The summed E-state index contributed by atoms with van der Waals surface area (Å²) in [6.45, 7) is 1.57. The second-order valence-electron chi connectivity index (χ2n) is 6.74. The third-order valence-electron chi connectivity index (χ3n) is 5.20. The number of nitrogens with zero attached hydrogens (tertiary/aromatic N) is 1. The largest absolute Gasteiger partial charge is 0.374 e. The molecule has 6 heteroatoms. The minimum Gasteiger partial charge on any atom is -0.374 e. The van der Waals surface area contributed by atoms with E-state index in [2.05, 4.69) is 15.2 Å². The molecule has 1 aliphatic rings. The van der Waals surface area contributed by atoms with Gasteiger partial charge in [-0.1, -0.05) is 18.2 Å². The molecular weight excluding hydrogens is 319 g/mol. The number of fused-ring (bicyclic) bond motifs is 3. The van der Waals surface area contributed by atoms with Crippen molar-refractivity contribution >= 4 is 27.5 Å². The van der Waals surface area contributed by atoms with Crippen molar-refractivity contribution in [2.75, 3.05) is 25.0 Å². The lowest BCUT2D eigenvalue weighted by atomic mass is 10.0. The number of piperidine rings is 1. The van der Waals surface area contributed by atoms with Crippen molar-refractivity contribution in [3.05, 3.63) is 41.7 Å². The lowest BCUT2D eigenvalue weighted by Crippen LogP contribution is -2.44. The number of nitrogens with one attached hydrogen (secondary N) is 2. The van der Waals surface area contributed by atoms with Gasteiger partial charge in [-0.05, 0) is 32.0 Å². The van der Waals surface area contributed by atoms with Gasteiger partial charge in [0.05, 0.1) is 11.2 Å². The molecule has 1 fully saturated rings. The summed E-state index contributed by atoms with van der Waals surface area (Å²) in [6.07, 6.45) is 0.868. The molecule has 2 atom stereocenters. The molecule has 0 bridgehead atoms. The van der Waals surface area contributed by atoms with E-state index in [1.807, 2.05) is 31.3 Å². The molecule has 1 unspecified atom stereocenters. The number of H-pyrrole nitrogens is 1. The molecule has 1 saturated heterocycles. The summed E-state index contributed by atoms with van der Waals surface area (Å²) in [6, 6.07) is 9.51. The molecule has 2 heterocycles.